The molecule has 1 aromatic carbocycles. The Morgan fingerprint density at radius 1 is 1.32 bits per heavy atom. The van der Waals surface area contributed by atoms with Crippen molar-refractivity contribution in [2.24, 2.45) is 0 Å². The second-order valence-electron chi connectivity index (χ2n) is 4.94. The summed E-state index contributed by atoms with van der Waals surface area (Å²) >= 11 is 3.36. The summed E-state index contributed by atoms with van der Waals surface area (Å²) in [6.45, 7) is 4.97. The van der Waals surface area contributed by atoms with Gasteiger partial charge in [0, 0.05) is 25.7 Å². The van der Waals surface area contributed by atoms with Gasteiger partial charge in [0.15, 0.2) is 0 Å². The number of benzene rings is 1. The van der Waals surface area contributed by atoms with E-state index in [-0.39, 0.29) is 10.6 Å². The zero-order valence-corrected chi connectivity index (χ0v) is 12.6. The van der Waals surface area contributed by atoms with E-state index in [4.69, 9.17) is 0 Å². The van der Waals surface area contributed by atoms with Crippen molar-refractivity contribution in [3.05, 3.63) is 38.3 Å². The van der Waals surface area contributed by atoms with E-state index < -0.39 is 0 Å². The lowest BCUT2D eigenvalue weighted by Gasteiger charge is -2.20. The molecule has 19 heavy (non-hydrogen) atoms. The van der Waals surface area contributed by atoms with Gasteiger partial charge in [0.05, 0.1) is 9.40 Å². The number of rotatable bonds is 3. The maximum atomic E-state index is 10.9. The number of nitro groups is 1. The highest BCUT2D eigenvalue weighted by molar-refractivity contribution is 9.10. The van der Waals surface area contributed by atoms with Crippen LogP contribution >= 0.6 is 15.9 Å². The number of nitrogens with zero attached hydrogens (tertiary/aromatic N) is 3. The molecule has 0 saturated carbocycles. The van der Waals surface area contributed by atoms with Gasteiger partial charge < -0.3 is 4.90 Å². The summed E-state index contributed by atoms with van der Waals surface area (Å²) in [7, 11) is 2.13. The second kappa shape index (κ2) is 6.45. The van der Waals surface area contributed by atoms with Gasteiger partial charge in [-0.15, -0.1) is 0 Å². The van der Waals surface area contributed by atoms with Gasteiger partial charge in [-0.2, -0.15) is 0 Å². The summed E-state index contributed by atoms with van der Waals surface area (Å²) in [6, 6.07) is 5.23. The second-order valence-corrected chi connectivity index (χ2v) is 5.73. The molecule has 1 aliphatic rings. The predicted molar refractivity (Wildman–Crippen MR) is 78.2 cm³/mol. The van der Waals surface area contributed by atoms with Gasteiger partial charge in [-0.05, 0) is 48.1 Å². The van der Waals surface area contributed by atoms with E-state index in [1.165, 1.54) is 6.07 Å². The molecule has 0 spiro atoms. The van der Waals surface area contributed by atoms with Gasteiger partial charge in [0.25, 0.3) is 5.69 Å². The van der Waals surface area contributed by atoms with E-state index in [0.29, 0.717) is 4.47 Å². The predicted octanol–water partition coefficient (Wildman–Crippen LogP) is 2.49. The van der Waals surface area contributed by atoms with Gasteiger partial charge >= 0.3 is 0 Å². The normalized spacial score (nSPS) is 18.2. The van der Waals surface area contributed by atoms with Crippen LogP contribution in [0.3, 0.4) is 0 Å². The fourth-order valence-electron chi connectivity index (χ4n) is 2.33. The van der Waals surface area contributed by atoms with Crippen molar-refractivity contribution in [1.82, 2.24) is 9.80 Å². The van der Waals surface area contributed by atoms with Crippen LogP contribution in [0.15, 0.2) is 22.7 Å². The van der Waals surface area contributed by atoms with Crippen LogP contribution < -0.4 is 0 Å². The van der Waals surface area contributed by atoms with Gasteiger partial charge in [0.2, 0.25) is 0 Å². The molecule has 0 aliphatic carbocycles. The van der Waals surface area contributed by atoms with E-state index in [2.05, 4.69) is 32.8 Å². The van der Waals surface area contributed by atoms with Gasteiger partial charge in [0.1, 0.15) is 0 Å². The average molecular weight is 328 g/mol. The molecule has 1 fully saturated rings. The molecule has 0 aromatic heterocycles. The van der Waals surface area contributed by atoms with Crippen LogP contribution in [-0.4, -0.2) is 47.9 Å². The lowest BCUT2D eigenvalue weighted by Crippen LogP contribution is -2.28. The van der Waals surface area contributed by atoms with Crippen molar-refractivity contribution < 1.29 is 4.92 Å². The van der Waals surface area contributed by atoms with Gasteiger partial charge in [-0.1, -0.05) is 12.1 Å². The van der Waals surface area contributed by atoms with Crippen LogP contribution in [0.1, 0.15) is 12.0 Å². The lowest BCUT2D eigenvalue weighted by atomic mass is 10.2. The molecule has 104 valence electrons. The Morgan fingerprint density at radius 3 is 2.84 bits per heavy atom. The summed E-state index contributed by atoms with van der Waals surface area (Å²) in [4.78, 5) is 15.3. The van der Waals surface area contributed by atoms with Crippen LogP contribution in [0.5, 0.6) is 0 Å². The largest absolute Gasteiger partial charge is 0.305 e. The molecule has 6 heteroatoms. The number of nitro benzene ring substituents is 1. The Labute approximate surface area is 121 Å². The smallest absolute Gasteiger partial charge is 0.283 e. The lowest BCUT2D eigenvalue weighted by molar-refractivity contribution is -0.385. The van der Waals surface area contributed by atoms with E-state index in [0.717, 1.165) is 44.7 Å². The first kappa shape index (κ1) is 14.4. The molecule has 5 nitrogen and oxygen atoms in total. The van der Waals surface area contributed by atoms with Crippen molar-refractivity contribution in [3.63, 3.8) is 0 Å². The van der Waals surface area contributed by atoms with Crippen LogP contribution in [0.25, 0.3) is 0 Å². The molecule has 0 amide bonds. The van der Waals surface area contributed by atoms with Crippen LogP contribution in [0.4, 0.5) is 5.69 Å². The Hall–Kier alpha value is -0.980. The quantitative estimate of drug-likeness (QED) is 0.632. The number of hydrogen-bond acceptors (Lipinski definition) is 4. The Bertz CT molecular complexity index is 467. The minimum absolute atomic E-state index is 0.143. The SMILES string of the molecule is CN1CCCN(Cc2cccc([N+](=O)[O-])c2Br)CC1. The molecule has 0 bridgehead atoms. The number of likely N-dealkylation sites (N-methyl/N-ethyl adjacent to an activating group) is 1. The molecule has 0 unspecified atom stereocenters. The topological polar surface area (TPSA) is 49.6 Å². The highest BCUT2D eigenvalue weighted by Gasteiger charge is 2.18. The van der Waals surface area contributed by atoms with Crippen molar-refractivity contribution >= 4 is 21.6 Å². The fourth-order valence-corrected chi connectivity index (χ4v) is 2.86. The third-order valence-corrected chi connectivity index (χ3v) is 4.38. The standard InChI is InChI=1S/C13H18BrN3O2/c1-15-6-3-7-16(9-8-15)10-11-4-2-5-12(13(11)14)17(18)19/h2,4-5H,3,6-10H2,1H3. The van der Waals surface area contributed by atoms with E-state index in [1.54, 1.807) is 6.07 Å². The Kier molecular flexibility index (Phi) is 4.90. The van der Waals surface area contributed by atoms with E-state index in [1.807, 2.05) is 6.07 Å². The van der Waals surface area contributed by atoms with E-state index >= 15 is 0 Å². The molecular weight excluding hydrogens is 310 g/mol. The van der Waals surface area contributed by atoms with Crippen LogP contribution in [0, 0.1) is 10.1 Å². The number of hydrogen-bond donors (Lipinski definition) is 0. The molecular formula is C13H18BrN3O2. The molecule has 1 aromatic rings. The summed E-state index contributed by atoms with van der Waals surface area (Å²) in [5.41, 5.74) is 1.13. The minimum atomic E-state index is -0.343. The first-order valence-electron chi connectivity index (χ1n) is 6.40. The molecule has 1 aliphatic heterocycles. The molecule has 1 saturated heterocycles. The van der Waals surface area contributed by atoms with Gasteiger partial charge in [-0.3, -0.25) is 15.0 Å². The molecule has 0 atom stereocenters. The highest BCUT2D eigenvalue weighted by Crippen LogP contribution is 2.29. The van der Waals surface area contributed by atoms with Crippen LogP contribution in [-0.2, 0) is 6.54 Å². The monoisotopic (exact) mass is 327 g/mol. The minimum Gasteiger partial charge on any atom is -0.305 e. The summed E-state index contributed by atoms with van der Waals surface area (Å²) in [5.74, 6) is 0. The summed E-state index contributed by atoms with van der Waals surface area (Å²) in [5, 5.41) is 10.9. The van der Waals surface area contributed by atoms with Crippen molar-refractivity contribution in [2.45, 2.75) is 13.0 Å². The van der Waals surface area contributed by atoms with E-state index in [9.17, 15) is 10.1 Å². The van der Waals surface area contributed by atoms with Gasteiger partial charge in [-0.25, -0.2) is 0 Å². The fraction of sp³-hybridized carbons (Fsp3) is 0.538. The summed E-state index contributed by atoms with van der Waals surface area (Å²) in [6.07, 6.45) is 1.14. The van der Waals surface area contributed by atoms with Crippen molar-refractivity contribution in [3.8, 4) is 0 Å². The third-order valence-electron chi connectivity index (χ3n) is 3.46. The maximum absolute atomic E-state index is 10.9. The number of halogens is 1. The van der Waals surface area contributed by atoms with Crippen molar-refractivity contribution in [1.29, 1.82) is 0 Å². The highest BCUT2D eigenvalue weighted by atomic mass is 79.9. The summed E-state index contributed by atoms with van der Waals surface area (Å²) < 4.78 is 0.609. The first-order chi connectivity index (χ1) is 9.08. The first-order valence-corrected chi connectivity index (χ1v) is 7.20. The Balaban J connectivity index is 2.10. The zero-order valence-electron chi connectivity index (χ0n) is 11.0. The average Bonchev–Trinajstić information content (AvgIpc) is 2.57. The van der Waals surface area contributed by atoms with Crippen LogP contribution in [0.2, 0.25) is 0 Å². The molecule has 0 N–H and O–H groups in total. The molecule has 1 heterocycles. The molecule has 2 rings (SSSR count). The Morgan fingerprint density at radius 2 is 2.11 bits per heavy atom. The molecule has 0 radical (unpaired) electrons. The van der Waals surface area contributed by atoms with Crippen molar-refractivity contribution in [2.75, 3.05) is 33.2 Å². The third kappa shape index (κ3) is 3.75. The maximum Gasteiger partial charge on any atom is 0.283 e. The zero-order chi connectivity index (χ0) is 13.8.